The van der Waals surface area contributed by atoms with Crippen LogP contribution in [0.5, 0.6) is 5.75 Å². The molecule has 0 heterocycles. The van der Waals surface area contributed by atoms with Gasteiger partial charge in [-0.15, -0.1) is 0 Å². The maximum absolute atomic E-state index is 11.7. The second kappa shape index (κ2) is 7.85. The summed E-state index contributed by atoms with van der Waals surface area (Å²) in [6.45, 7) is -0.175. The van der Waals surface area contributed by atoms with Crippen molar-refractivity contribution in [1.29, 1.82) is 0 Å². The Morgan fingerprint density at radius 3 is 2.39 bits per heavy atom. The number of carbonyl (C=O) groups is 1. The van der Waals surface area contributed by atoms with E-state index in [4.69, 9.17) is 17.0 Å². The van der Waals surface area contributed by atoms with Crippen LogP contribution in [0.25, 0.3) is 0 Å². The van der Waals surface area contributed by atoms with Crippen molar-refractivity contribution in [3.63, 3.8) is 0 Å². The van der Waals surface area contributed by atoms with E-state index >= 15 is 0 Å². The van der Waals surface area contributed by atoms with E-state index in [0.29, 0.717) is 11.4 Å². The first-order chi connectivity index (χ1) is 11.0. The van der Waals surface area contributed by atoms with Gasteiger partial charge in [-0.1, -0.05) is 18.2 Å². The van der Waals surface area contributed by atoms with Gasteiger partial charge in [0.05, 0.1) is 4.92 Å². The summed E-state index contributed by atoms with van der Waals surface area (Å²) in [5.41, 5.74) is 0.506. The Labute approximate surface area is 137 Å². The summed E-state index contributed by atoms with van der Waals surface area (Å²) in [6.07, 6.45) is 0. The van der Waals surface area contributed by atoms with Gasteiger partial charge in [0.2, 0.25) is 0 Å². The molecule has 0 aliphatic heterocycles. The fraction of sp³-hybridized carbons (Fsp3) is 0.0667. The van der Waals surface area contributed by atoms with Gasteiger partial charge < -0.3 is 10.1 Å². The van der Waals surface area contributed by atoms with Gasteiger partial charge in [-0.2, -0.15) is 0 Å². The Balaban J connectivity index is 1.79. The largest absolute Gasteiger partial charge is 0.484 e. The number of rotatable bonds is 5. The number of thiocarbonyl (C=S) groups is 1. The van der Waals surface area contributed by atoms with Gasteiger partial charge in [0, 0.05) is 17.8 Å². The highest BCUT2D eigenvalue weighted by molar-refractivity contribution is 7.80. The lowest BCUT2D eigenvalue weighted by molar-refractivity contribution is -0.384. The van der Waals surface area contributed by atoms with Crippen molar-refractivity contribution in [2.75, 3.05) is 11.9 Å². The van der Waals surface area contributed by atoms with Crippen LogP contribution in [0.2, 0.25) is 0 Å². The van der Waals surface area contributed by atoms with Crippen molar-refractivity contribution in [1.82, 2.24) is 5.32 Å². The molecule has 2 N–H and O–H groups in total. The predicted molar refractivity (Wildman–Crippen MR) is 89.4 cm³/mol. The molecule has 0 radical (unpaired) electrons. The third kappa shape index (κ3) is 5.36. The van der Waals surface area contributed by atoms with Crippen LogP contribution in [0.15, 0.2) is 54.6 Å². The summed E-state index contributed by atoms with van der Waals surface area (Å²) in [5, 5.41) is 15.9. The van der Waals surface area contributed by atoms with E-state index in [0.717, 1.165) is 0 Å². The molecule has 0 saturated carbocycles. The Morgan fingerprint density at radius 2 is 1.78 bits per heavy atom. The number of nitro groups is 1. The standard InChI is InChI=1S/C15H13N3O4S/c19-14(10-22-13-4-2-1-3-5-13)17-15(23)16-11-6-8-12(9-7-11)18(20)21/h1-9H,10H2,(H2,16,17,19,23). The first kappa shape index (κ1) is 16.4. The molecule has 8 heteroatoms. The minimum atomic E-state index is -0.495. The van der Waals surface area contributed by atoms with Gasteiger partial charge in [0.25, 0.3) is 11.6 Å². The highest BCUT2D eigenvalue weighted by Gasteiger charge is 2.08. The minimum absolute atomic E-state index is 0.0261. The monoisotopic (exact) mass is 331 g/mol. The summed E-state index contributed by atoms with van der Waals surface area (Å²) in [6, 6.07) is 14.6. The third-order valence-corrected chi connectivity index (χ3v) is 2.91. The molecule has 118 valence electrons. The number of para-hydroxylation sites is 1. The molecule has 0 unspecified atom stereocenters. The molecule has 0 fully saturated rings. The Kier molecular flexibility index (Phi) is 5.59. The smallest absolute Gasteiger partial charge is 0.269 e. The molecule has 2 aromatic rings. The number of nitro benzene ring substituents is 1. The molecule has 0 aliphatic carbocycles. The predicted octanol–water partition coefficient (Wildman–Crippen LogP) is 2.49. The quantitative estimate of drug-likeness (QED) is 0.497. The van der Waals surface area contributed by atoms with Crippen molar-refractivity contribution >= 4 is 34.6 Å². The lowest BCUT2D eigenvalue weighted by atomic mass is 10.3. The zero-order chi connectivity index (χ0) is 16.7. The number of nitrogens with one attached hydrogen (secondary N) is 2. The van der Waals surface area contributed by atoms with Gasteiger partial charge in [-0.3, -0.25) is 20.2 Å². The van der Waals surface area contributed by atoms with Gasteiger partial charge >= 0.3 is 0 Å². The van der Waals surface area contributed by atoms with Gasteiger partial charge in [-0.05, 0) is 36.5 Å². The molecule has 0 spiro atoms. The number of non-ortho nitro benzene ring substituents is 1. The first-order valence-electron chi connectivity index (χ1n) is 6.58. The van der Waals surface area contributed by atoms with E-state index in [2.05, 4.69) is 10.6 Å². The lowest BCUT2D eigenvalue weighted by Gasteiger charge is -2.10. The van der Waals surface area contributed by atoms with Gasteiger partial charge in [0.15, 0.2) is 11.7 Å². The average molecular weight is 331 g/mol. The van der Waals surface area contributed by atoms with Crippen LogP contribution < -0.4 is 15.4 Å². The molecular weight excluding hydrogens is 318 g/mol. The van der Waals surface area contributed by atoms with Crippen LogP contribution in [0.4, 0.5) is 11.4 Å². The molecule has 1 amide bonds. The zero-order valence-electron chi connectivity index (χ0n) is 11.9. The summed E-state index contributed by atoms with van der Waals surface area (Å²) in [7, 11) is 0. The molecule has 7 nitrogen and oxygen atoms in total. The minimum Gasteiger partial charge on any atom is -0.484 e. The number of ether oxygens (including phenoxy) is 1. The normalized spacial score (nSPS) is 9.74. The second-order valence-electron chi connectivity index (χ2n) is 4.41. The number of benzene rings is 2. The maximum atomic E-state index is 11.7. The molecule has 2 aromatic carbocycles. The molecule has 23 heavy (non-hydrogen) atoms. The van der Waals surface area contributed by atoms with Crippen molar-refractivity contribution in [2.24, 2.45) is 0 Å². The number of amides is 1. The fourth-order valence-electron chi connectivity index (χ4n) is 1.66. The van der Waals surface area contributed by atoms with Crippen LogP contribution in [-0.4, -0.2) is 22.5 Å². The lowest BCUT2D eigenvalue weighted by Crippen LogP contribution is -2.37. The average Bonchev–Trinajstić information content (AvgIpc) is 2.54. The number of hydrogen-bond acceptors (Lipinski definition) is 5. The molecule has 0 saturated heterocycles. The maximum Gasteiger partial charge on any atom is 0.269 e. The fourth-order valence-corrected chi connectivity index (χ4v) is 1.89. The van der Waals surface area contributed by atoms with Crippen LogP contribution in [0.3, 0.4) is 0 Å². The topological polar surface area (TPSA) is 93.5 Å². The Morgan fingerprint density at radius 1 is 1.13 bits per heavy atom. The van der Waals surface area contributed by atoms with Crippen LogP contribution in [-0.2, 0) is 4.79 Å². The molecule has 0 aliphatic rings. The SMILES string of the molecule is O=C(COc1ccccc1)NC(=S)Nc1ccc([N+](=O)[O-])cc1. The van der Waals surface area contributed by atoms with E-state index in [9.17, 15) is 14.9 Å². The van der Waals surface area contributed by atoms with Crippen LogP contribution in [0, 0.1) is 10.1 Å². The Hall–Kier alpha value is -3.00. The summed E-state index contributed by atoms with van der Waals surface area (Å²) in [5.74, 6) is 0.171. The van der Waals surface area contributed by atoms with Crippen molar-refractivity contribution in [2.45, 2.75) is 0 Å². The van der Waals surface area contributed by atoms with Crippen molar-refractivity contribution in [3.8, 4) is 5.75 Å². The van der Waals surface area contributed by atoms with E-state index in [1.54, 1.807) is 24.3 Å². The van der Waals surface area contributed by atoms with E-state index in [-0.39, 0.29) is 17.4 Å². The molecule has 0 bridgehead atoms. The van der Waals surface area contributed by atoms with E-state index < -0.39 is 10.8 Å². The third-order valence-electron chi connectivity index (χ3n) is 2.70. The van der Waals surface area contributed by atoms with E-state index in [1.807, 2.05) is 6.07 Å². The summed E-state index contributed by atoms with van der Waals surface area (Å²) >= 11 is 5.00. The summed E-state index contributed by atoms with van der Waals surface area (Å²) < 4.78 is 5.29. The molecule has 0 atom stereocenters. The Bertz CT molecular complexity index is 704. The number of anilines is 1. The van der Waals surface area contributed by atoms with Gasteiger partial charge in [-0.25, -0.2) is 0 Å². The number of nitrogens with zero attached hydrogens (tertiary/aromatic N) is 1. The number of hydrogen-bond donors (Lipinski definition) is 2. The zero-order valence-corrected chi connectivity index (χ0v) is 12.7. The molecular formula is C15H13N3O4S. The van der Waals surface area contributed by atoms with Crippen LogP contribution in [0.1, 0.15) is 0 Å². The highest BCUT2D eigenvalue weighted by Crippen LogP contribution is 2.15. The second-order valence-corrected chi connectivity index (χ2v) is 4.82. The van der Waals surface area contributed by atoms with Crippen molar-refractivity contribution in [3.05, 3.63) is 64.7 Å². The summed E-state index contributed by atoms with van der Waals surface area (Å²) in [4.78, 5) is 21.8. The first-order valence-corrected chi connectivity index (χ1v) is 6.98. The van der Waals surface area contributed by atoms with Gasteiger partial charge in [0.1, 0.15) is 5.75 Å². The number of carbonyl (C=O) groups excluding carboxylic acids is 1. The van der Waals surface area contributed by atoms with Crippen molar-refractivity contribution < 1.29 is 14.5 Å². The van der Waals surface area contributed by atoms with E-state index in [1.165, 1.54) is 24.3 Å². The molecule has 0 aromatic heterocycles. The molecule has 2 rings (SSSR count). The van der Waals surface area contributed by atoms with Crippen LogP contribution >= 0.6 is 12.2 Å². The highest BCUT2D eigenvalue weighted by atomic mass is 32.1.